The van der Waals surface area contributed by atoms with Crippen LogP contribution in [0.2, 0.25) is 0 Å². The number of carbonyl (C=O) groups excluding carboxylic acids is 7. The number of aromatic nitrogens is 10. The average Bonchev–Trinajstić information content (AvgIpc) is 1.34. The van der Waals surface area contributed by atoms with Crippen molar-refractivity contribution in [3.8, 4) is 5.75 Å². The first-order valence-corrected chi connectivity index (χ1v) is 37.1. The highest BCUT2D eigenvalue weighted by atomic mass is 127. The Labute approximate surface area is 663 Å². The maximum absolute atomic E-state index is 14.1. The molecule has 6 unspecified atom stereocenters. The molecule has 4 aliphatic rings. The third-order valence-electron chi connectivity index (χ3n) is 16.0. The number of aliphatic hydroxyl groups excluding tert-OH is 2. The zero-order chi connectivity index (χ0) is 77.0. The molecule has 9 N–H and O–H groups in total. The Hall–Kier alpha value is -9.44. The monoisotopic (exact) mass is 1720 g/mol. The number of fused-ring (bicyclic) bond motifs is 4. The summed E-state index contributed by atoms with van der Waals surface area (Å²) in [5.74, 6) is -4.02. The quantitative estimate of drug-likeness (QED) is 0.00480. The summed E-state index contributed by atoms with van der Waals surface area (Å²) in [6.45, 7) is 15.1. The molecule has 37 nitrogen and oxygen atoms in total. The predicted octanol–water partition coefficient (Wildman–Crippen LogP) is -2.61. The Morgan fingerprint density at radius 1 is 0.725 bits per heavy atom. The van der Waals surface area contributed by atoms with Gasteiger partial charge in [0.25, 0.3) is 23.6 Å². The number of aryl methyl sites for hydroxylation is 2. The Balaban J connectivity index is 0.000000294. The summed E-state index contributed by atoms with van der Waals surface area (Å²) < 4.78 is 37.1. The second-order valence-corrected chi connectivity index (χ2v) is 29.8. The van der Waals surface area contributed by atoms with Crippen molar-refractivity contribution in [2.24, 2.45) is 21.0 Å². The zero-order valence-corrected chi connectivity index (χ0v) is 66.6. The number of hydrogen-bond donors (Lipinski definition) is 7. The number of amides is 5. The number of carboxylic acid groups (broad SMARTS) is 1. The Kier molecular flexibility index (Phi) is 29.5. The van der Waals surface area contributed by atoms with Crippen molar-refractivity contribution in [1.29, 1.82) is 0 Å². The standard InChI is InChI=1S/C42H52N10O11S2.C24H28N10O6S2.ClH.HI/c1-9-61-48-29(32-46-38(65-49-32)47-40(58)63-42(5,6)7)34(54)45-30-35(55)52-31(37(56)60-21-24-12-14-27(59-8)15-13-24)25(22-64-36(30)52)20-50-17-10-11-28-33(50)44-23-51(28)18-16-26(53)19-43-39(57)62-41(2,3)4;1-2-40-30-15(18-29-24(26)42-31-18)20(36)28-16-21(37)34-17(23(38)39)12(10-41-22(16)34)9-32-6-3-4-14-19(32)27-11-33(14)7-5-13(35)8-25;;/h10-15,17,23,26,30,36,53H,9,16,18-22H2,1-8H3,(H2-,43,45,46,47,49,54,57,58);3-4,6,11,13,16,22,35H,2,5,7-10,25H2,1H3,(H3-,26,28,29,31,36,38,39);2*1H/p-1/b48-29-;30-15-;;. The van der Waals surface area contributed by atoms with E-state index < -0.39 is 94.0 Å². The molecular weight excluding hydrogens is 1640 g/mol. The summed E-state index contributed by atoms with van der Waals surface area (Å²) in [5.41, 5.74) is 13.3. The number of aliphatic hydroxyl groups is 2. The highest BCUT2D eigenvalue weighted by molar-refractivity contribution is 8.00. The number of halogens is 2. The van der Waals surface area contributed by atoms with Crippen LogP contribution in [-0.2, 0) is 85.4 Å². The number of pyridine rings is 2. The molecule has 0 saturated carbocycles. The average molecular weight is 1720 g/mol. The molecule has 2 saturated heterocycles. The van der Waals surface area contributed by atoms with Crippen molar-refractivity contribution in [1.82, 2.24) is 58.3 Å². The summed E-state index contributed by atoms with van der Waals surface area (Å²) in [5, 5.41) is 59.0. The highest BCUT2D eigenvalue weighted by Crippen LogP contribution is 2.42. The van der Waals surface area contributed by atoms with E-state index in [4.69, 9.17) is 40.1 Å². The largest absolute Gasteiger partial charge is 1.00 e. The van der Waals surface area contributed by atoms with Gasteiger partial charge in [-0.3, -0.25) is 39.3 Å². The summed E-state index contributed by atoms with van der Waals surface area (Å²) in [6, 6.07) is 12.3. The molecule has 586 valence electrons. The van der Waals surface area contributed by atoms with Gasteiger partial charge in [-0.15, -0.1) is 35.9 Å². The van der Waals surface area contributed by atoms with Gasteiger partial charge >= 0.3 is 23.4 Å². The van der Waals surface area contributed by atoms with Gasteiger partial charge in [0.05, 0.1) is 49.9 Å². The second kappa shape index (κ2) is 37.8. The van der Waals surface area contributed by atoms with Crippen LogP contribution in [0.4, 0.5) is 15.1 Å². The highest BCUT2D eigenvalue weighted by Gasteiger charge is 2.56. The Morgan fingerprint density at radius 3 is 1.72 bits per heavy atom. The number of carboxylic acids is 1. The summed E-state index contributed by atoms with van der Waals surface area (Å²) >= 11 is 4.32. The molecule has 5 amide bonds. The zero-order valence-electron chi connectivity index (χ0n) is 60.4. The van der Waals surface area contributed by atoms with Gasteiger partial charge in [-0.05, 0) is 99.4 Å². The van der Waals surface area contributed by atoms with Crippen LogP contribution in [0, 0.1) is 0 Å². The van der Waals surface area contributed by atoms with Gasteiger partial charge in [-0.1, -0.05) is 43.2 Å². The first-order valence-electron chi connectivity index (χ1n) is 33.5. The molecule has 7 aromatic rings. The normalized spacial score (nSPS) is 17.8. The van der Waals surface area contributed by atoms with Crippen LogP contribution >= 0.6 is 59.0 Å². The van der Waals surface area contributed by atoms with Gasteiger partial charge in [0.15, 0.2) is 5.13 Å². The van der Waals surface area contributed by atoms with Gasteiger partial charge in [0, 0.05) is 71.0 Å². The van der Waals surface area contributed by atoms with Gasteiger partial charge in [0.1, 0.15) is 89.9 Å². The predicted molar refractivity (Wildman–Crippen MR) is 393 cm³/mol. The molecule has 6 atom stereocenters. The molecule has 0 spiro atoms. The number of hydrogen-bond acceptors (Lipinski definition) is 32. The fraction of sp³-hybridized carbons (Fsp3) is 0.455. The molecule has 0 bridgehead atoms. The number of imidazole rings is 2. The fourth-order valence-corrected chi connectivity index (χ4v) is 14.8. The molecular formula is C66H81ClIN20O17S4-. The molecule has 0 aliphatic carbocycles. The van der Waals surface area contributed by atoms with Crippen molar-refractivity contribution >= 4 is 151 Å². The number of thioether (sulfide) groups is 2. The van der Waals surface area contributed by atoms with E-state index in [9.17, 15) is 54.0 Å². The lowest BCUT2D eigenvalue weighted by Crippen LogP contribution is -3.00. The van der Waals surface area contributed by atoms with E-state index in [0.29, 0.717) is 53.3 Å². The van der Waals surface area contributed by atoms with Crippen LogP contribution in [0.3, 0.4) is 0 Å². The van der Waals surface area contributed by atoms with Crippen molar-refractivity contribution in [3.63, 3.8) is 0 Å². The molecule has 109 heavy (non-hydrogen) atoms. The number of ether oxygens (including phenoxy) is 4. The number of benzene rings is 1. The lowest BCUT2D eigenvalue weighted by Gasteiger charge is -2.50. The van der Waals surface area contributed by atoms with Crippen molar-refractivity contribution in [2.45, 2.75) is 147 Å². The molecule has 6 aromatic heterocycles. The van der Waals surface area contributed by atoms with Crippen LogP contribution in [-0.4, -0.2) is 208 Å². The summed E-state index contributed by atoms with van der Waals surface area (Å²) in [6.07, 6.45) is 4.54. The van der Waals surface area contributed by atoms with E-state index in [1.54, 1.807) is 116 Å². The third-order valence-corrected chi connectivity index (χ3v) is 19.9. The second-order valence-electron chi connectivity index (χ2n) is 26.1. The fourth-order valence-electron chi connectivity index (χ4n) is 11.1. The van der Waals surface area contributed by atoms with Crippen molar-refractivity contribution in [2.75, 3.05) is 56.0 Å². The number of nitrogen functional groups attached to an aromatic ring is 1. The minimum Gasteiger partial charge on any atom is -1.00 e. The van der Waals surface area contributed by atoms with Gasteiger partial charge in [0.2, 0.25) is 40.9 Å². The molecule has 2 fully saturated rings. The van der Waals surface area contributed by atoms with Crippen molar-refractivity contribution in [3.05, 3.63) is 113 Å². The number of methoxy groups -OCH3 is 1. The summed E-state index contributed by atoms with van der Waals surface area (Å²) in [4.78, 5) is 127. The van der Waals surface area contributed by atoms with E-state index in [0.717, 1.165) is 39.0 Å². The molecule has 4 aliphatic heterocycles. The topological polar surface area (TPSA) is 488 Å². The number of β-lactam (4-membered cyclic amide) rings is 2. The van der Waals surface area contributed by atoms with Crippen LogP contribution in [0.15, 0.2) is 111 Å². The number of oxime groups is 2. The maximum Gasteiger partial charge on any atom is 0.414 e. The number of rotatable bonds is 29. The van der Waals surface area contributed by atoms with Gasteiger partial charge < -0.3 is 109 Å². The number of carbonyl (C=O) groups is 7. The number of aliphatic carboxylic acids is 1. The van der Waals surface area contributed by atoms with E-state index in [1.807, 2.05) is 38.0 Å². The molecule has 1 aromatic carbocycles. The van der Waals surface area contributed by atoms with Crippen molar-refractivity contribution < 1.29 is 116 Å². The first kappa shape index (κ1) is 85.2. The lowest BCUT2D eigenvalue weighted by atomic mass is 10.0. The molecule has 0 radical (unpaired) electrons. The summed E-state index contributed by atoms with van der Waals surface area (Å²) in [7, 11) is 1.55. The van der Waals surface area contributed by atoms with Crippen LogP contribution in [0.5, 0.6) is 5.75 Å². The number of nitrogens with two attached hydrogens (primary N) is 2. The Bertz CT molecular complexity index is 4640. The smallest absolute Gasteiger partial charge is 0.414 e. The van der Waals surface area contributed by atoms with Crippen LogP contribution in [0.25, 0.3) is 22.3 Å². The van der Waals surface area contributed by atoms with E-state index in [2.05, 4.69) is 59.9 Å². The molecule has 11 rings (SSSR count). The maximum atomic E-state index is 14.1. The minimum absolute atomic E-state index is 0. The minimum atomic E-state index is -1.50. The SMILES string of the molecule is CCO/N=C(\C(=O)NC1C(=O)N2C(C(=O)OCc3ccc(OC)cc3)=C(C[n+]3cccc4c3ncn4CCC(O)CN=C([O-])OC(C)(C)C)CSC12)c1nsc(NC(=O)OC(C)(C)C)n1.CCO/N=C(\C(=O)NC1C(=O)N2C(C(=O)[O-])=C(C[n+]3cccc4c3ncn4CCC(O)CN)CSC12)c1nsc(N)n1.Cl.[I-]. The van der Waals surface area contributed by atoms with E-state index in [1.165, 1.54) is 28.4 Å². The number of anilines is 2. The third kappa shape index (κ3) is 21.1. The van der Waals surface area contributed by atoms with Crippen LogP contribution < -0.4 is 75.5 Å². The van der Waals surface area contributed by atoms with E-state index in [-0.39, 0.29) is 145 Å². The number of nitrogens with zero attached hydrogens (tertiary/aromatic N) is 15. The van der Waals surface area contributed by atoms with Crippen LogP contribution in [0.1, 0.15) is 85.4 Å². The number of esters is 1. The molecule has 43 heteroatoms. The number of aliphatic imine (C=N–C) groups is 1. The lowest BCUT2D eigenvalue weighted by molar-refractivity contribution is -0.665. The van der Waals surface area contributed by atoms with Gasteiger partial charge in [-0.25, -0.2) is 18.7 Å². The first-order chi connectivity index (χ1) is 51.1. The van der Waals surface area contributed by atoms with E-state index >= 15 is 0 Å². The van der Waals surface area contributed by atoms with Gasteiger partial charge in [-0.2, -0.15) is 18.7 Å². The Morgan fingerprint density at radius 2 is 1.23 bits per heavy atom. The molecule has 10 heterocycles. The number of nitrogens with one attached hydrogen (secondary N) is 3.